The number of nitrogens with one attached hydrogen (secondary N) is 1. The lowest BCUT2D eigenvalue weighted by atomic mass is 10.0. The molecule has 1 heterocycles. The summed E-state index contributed by atoms with van der Waals surface area (Å²) in [6.07, 6.45) is 4.00. The van der Waals surface area contributed by atoms with Gasteiger partial charge >= 0.3 is 0 Å². The van der Waals surface area contributed by atoms with Crippen LogP contribution in [0, 0.1) is 0 Å². The zero-order valence-corrected chi connectivity index (χ0v) is 9.43. The normalized spacial score (nSPS) is 10.2. The number of imidazole rings is 1. The van der Waals surface area contributed by atoms with Crippen molar-refractivity contribution in [1.29, 1.82) is 0 Å². The van der Waals surface area contributed by atoms with Gasteiger partial charge in [0.15, 0.2) is 0 Å². The Hall–Kier alpha value is -2.30. The van der Waals surface area contributed by atoms with Crippen LogP contribution in [-0.4, -0.2) is 23.0 Å². The van der Waals surface area contributed by atoms with E-state index in [9.17, 15) is 4.79 Å². The second kappa shape index (κ2) is 4.69. The number of ether oxygens (including phenoxy) is 1. The SMILES string of the molecule is COc1c(Cc2c[nH]cn2)cccc1C(N)=O. The summed E-state index contributed by atoms with van der Waals surface area (Å²) in [5.74, 6) is 0.0220. The Balaban J connectivity index is 2.40. The van der Waals surface area contributed by atoms with E-state index in [4.69, 9.17) is 10.5 Å². The molecule has 0 saturated carbocycles. The molecule has 88 valence electrons. The van der Waals surface area contributed by atoms with Gasteiger partial charge in [-0.15, -0.1) is 0 Å². The van der Waals surface area contributed by atoms with Crippen LogP contribution < -0.4 is 10.5 Å². The number of hydrogen-bond acceptors (Lipinski definition) is 3. The quantitative estimate of drug-likeness (QED) is 0.827. The van der Waals surface area contributed by atoms with E-state index < -0.39 is 5.91 Å². The van der Waals surface area contributed by atoms with E-state index in [1.807, 2.05) is 6.07 Å². The Bertz CT molecular complexity index is 521. The Morgan fingerprint density at radius 3 is 2.94 bits per heavy atom. The van der Waals surface area contributed by atoms with E-state index in [-0.39, 0.29) is 0 Å². The number of rotatable bonds is 4. The molecule has 0 spiro atoms. The summed E-state index contributed by atoms with van der Waals surface area (Å²) < 4.78 is 5.25. The molecule has 1 aromatic carbocycles. The number of hydrogen-bond donors (Lipinski definition) is 2. The van der Waals surface area contributed by atoms with Crippen molar-refractivity contribution in [2.75, 3.05) is 7.11 Å². The minimum Gasteiger partial charge on any atom is -0.496 e. The summed E-state index contributed by atoms with van der Waals surface area (Å²) >= 11 is 0. The Labute approximate surface area is 98.6 Å². The number of para-hydroxylation sites is 1. The van der Waals surface area contributed by atoms with Crippen molar-refractivity contribution >= 4 is 5.91 Å². The maximum Gasteiger partial charge on any atom is 0.252 e. The van der Waals surface area contributed by atoms with Crippen LogP contribution in [0.2, 0.25) is 0 Å². The Kier molecular flexibility index (Phi) is 3.09. The van der Waals surface area contributed by atoms with Gasteiger partial charge in [0.1, 0.15) is 5.75 Å². The van der Waals surface area contributed by atoms with Crippen molar-refractivity contribution in [3.8, 4) is 5.75 Å². The molecule has 2 aromatic rings. The first-order valence-electron chi connectivity index (χ1n) is 5.15. The molecule has 5 heteroatoms. The van der Waals surface area contributed by atoms with Gasteiger partial charge < -0.3 is 15.5 Å². The van der Waals surface area contributed by atoms with Crippen molar-refractivity contribution < 1.29 is 9.53 Å². The van der Waals surface area contributed by atoms with E-state index in [2.05, 4.69) is 9.97 Å². The fourth-order valence-corrected chi connectivity index (χ4v) is 1.74. The van der Waals surface area contributed by atoms with Crippen LogP contribution in [0.5, 0.6) is 5.75 Å². The molecule has 0 aliphatic heterocycles. The monoisotopic (exact) mass is 231 g/mol. The summed E-state index contributed by atoms with van der Waals surface area (Å²) in [5.41, 5.74) is 7.45. The summed E-state index contributed by atoms with van der Waals surface area (Å²) in [5, 5.41) is 0. The number of primary amides is 1. The van der Waals surface area contributed by atoms with Gasteiger partial charge in [0.05, 0.1) is 24.7 Å². The standard InChI is InChI=1S/C12H13N3O2/c1-17-11-8(5-9-6-14-7-15-9)3-2-4-10(11)12(13)16/h2-4,6-7H,5H2,1H3,(H2,13,16)(H,14,15). The molecule has 0 atom stereocenters. The van der Waals surface area contributed by atoms with Crippen LogP contribution in [0.3, 0.4) is 0 Å². The zero-order valence-electron chi connectivity index (χ0n) is 9.43. The van der Waals surface area contributed by atoms with Crippen LogP contribution in [0.4, 0.5) is 0 Å². The van der Waals surface area contributed by atoms with Gasteiger partial charge in [-0.25, -0.2) is 4.98 Å². The van der Waals surface area contributed by atoms with Crippen molar-refractivity contribution in [3.63, 3.8) is 0 Å². The summed E-state index contributed by atoms with van der Waals surface area (Å²) in [4.78, 5) is 18.3. The van der Waals surface area contributed by atoms with E-state index in [1.54, 1.807) is 24.7 Å². The molecule has 0 fully saturated rings. The molecule has 5 nitrogen and oxygen atoms in total. The minimum atomic E-state index is -0.495. The van der Waals surface area contributed by atoms with E-state index in [0.717, 1.165) is 11.3 Å². The Morgan fingerprint density at radius 2 is 2.35 bits per heavy atom. The molecule has 0 aliphatic rings. The van der Waals surface area contributed by atoms with Crippen LogP contribution in [0.25, 0.3) is 0 Å². The number of nitrogens with zero attached hydrogens (tertiary/aromatic N) is 1. The summed E-state index contributed by atoms with van der Waals surface area (Å²) in [6, 6.07) is 5.32. The van der Waals surface area contributed by atoms with Crippen LogP contribution in [-0.2, 0) is 6.42 Å². The van der Waals surface area contributed by atoms with Crippen molar-refractivity contribution in [3.05, 3.63) is 47.5 Å². The predicted molar refractivity (Wildman–Crippen MR) is 62.9 cm³/mol. The number of aromatic nitrogens is 2. The number of benzene rings is 1. The molecular formula is C12H13N3O2. The molecule has 3 N–H and O–H groups in total. The predicted octanol–water partition coefficient (Wildman–Crippen LogP) is 1.11. The number of nitrogens with two attached hydrogens (primary N) is 1. The van der Waals surface area contributed by atoms with E-state index >= 15 is 0 Å². The highest BCUT2D eigenvalue weighted by Crippen LogP contribution is 2.25. The van der Waals surface area contributed by atoms with Crippen LogP contribution >= 0.6 is 0 Å². The topological polar surface area (TPSA) is 81.0 Å². The fourth-order valence-electron chi connectivity index (χ4n) is 1.74. The van der Waals surface area contributed by atoms with Crippen molar-refractivity contribution in [1.82, 2.24) is 9.97 Å². The number of aromatic amines is 1. The maximum atomic E-state index is 11.3. The first kappa shape index (κ1) is 11.2. The third-order valence-corrected chi connectivity index (χ3v) is 2.49. The highest BCUT2D eigenvalue weighted by Gasteiger charge is 2.13. The molecule has 17 heavy (non-hydrogen) atoms. The van der Waals surface area contributed by atoms with Crippen molar-refractivity contribution in [2.45, 2.75) is 6.42 Å². The van der Waals surface area contributed by atoms with Gasteiger partial charge in [-0.3, -0.25) is 4.79 Å². The molecule has 0 saturated heterocycles. The third-order valence-electron chi connectivity index (χ3n) is 2.49. The van der Waals surface area contributed by atoms with Gasteiger partial charge in [-0.2, -0.15) is 0 Å². The summed E-state index contributed by atoms with van der Waals surface area (Å²) in [6.45, 7) is 0. The van der Waals surface area contributed by atoms with E-state index in [0.29, 0.717) is 17.7 Å². The highest BCUT2D eigenvalue weighted by molar-refractivity contribution is 5.96. The smallest absolute Gasteiger partial charge is 0.252 e. The first-order valence-corrected chi connectivity index (χ1v) is 5.15. The van der Waals surface area contributed by atoms with E-state index in [1.165, 1.54) is 7.11 Å². The largest absolute Gasteiger partial charge is 0.496 e. The number of carbonyl (C=O) groups is 1. The molecule has 1 amide bonds. The zero-order chi connectivity index (χ0) is 12.3. The second-order valence-corrected chi connectivity index (χ2v) is 3.60. The lowest BCUT2D eigenvalue weighted by Gasteiger charge is -2.10. The molecule has 0 radical (unpaired) electrons. The minimum absolute atomic E-state index is 0.389. The third kappa shape index (κ3) is 2.28. The van der Waals surface area contributed by atoms with Gasteiger partial charge in [-0.05, 0) is 6.07 Å². The number of methoxy groups -OCH3 is 1. The molecule has 1 aromatic heterocycles. The highest BCUT2D eigenvalue weighted by atomic mass is 16.5. The molecule has 2 rings (SSSR count). The van der Waals surface area contributed by atoms with Gasteiger partial charge in [0.2, 0.25) is 0 Å². The number of carbonyl (C=O) groups excluding carboxylic acids is 1. The average molecular weight is 231 g/mol. The van der Waals surface area contributed by atoms with Gasteiger partial charge in [0, 0.05) is 18.2 Å². The Morgan fingerprint density at radius 1 is 1.53 bits per heavy atom. The lowest BCUT2D eigenvalue weighted by Crippen LogP contribution is -2.13. The van der Waals surface area contributed by atoms with Crippen molar-refractivity contribution in [2.24, 2.45) is 5.73 Å². The fraction of sp³-hybridized carbons (Fsp3) is 0.167. The summed E-state index contributed by atoms with van der Waals surface area (Å²) in [7, 11) is 1.52. The lowest BCUT2D eigenvalue weighted by molar-refractivity contribution is 0.0997. The molecule has 0 aliphatic carbocycles. The molecular weight excluding hydrogens is 218 g/mol. The molecule has 0 bridgehead atoms. The number of amides is 1. The molecule has 0 unspecified atom stereocenters. The van der Waals surface area contributed by atoms with Gasteiger partial charge in [-0.1, -0.05) is 12.1 Å². The van der Waals surface area contributed by atoms with Crippen LogP contribution in [0.1, 0.15) is 21.6 Å². The first-order chi connectivity index (χ1) is 8.22. The maximum absolute atomic E-state index is 11.3. The van der Waals surface area contributed by atoms with Crippen LogP contribution in [0.15, 0.2) is 30.7 Å². The average Bonchev–Trinajstić information content (AvgIpc) is 2.81. The van der Waals surface area contributed by atoms with Gasteiger partial charge in [0.25, 0.3) is 5.91 Å². The number of H-pyrrole nitrogens is 1. The second-order valence-electron chi connectivity index (χ2n) is 3.60.